The van der Waals surface area contributed by atoms with E-state index in [0.717, 1.165) is 12.1 Å². The molecule has 1 aromatic carbocycles. The van der Waals surface area contributed by atoms with Gasteiger partial charge in [-0.25, -0.2) is 9.37 Å². The monoisotopic (exact) mass is 316 g/mol. The summed E-state index contributed by atoms with van der Waals surface area (Å²) in [5.74, 6) is 4.66. The average molecular weight is 317 g/mol. The quantitative estimate of drug-likeness (QED) is 0.592. The van der Waals surface area contributed by atoms with Crippen molar-refractivity contribution in [2.75, 3.05) is 10.1 Å². The Labute approximate surface area is 119 Å². The van der Waals surface area contributed by atoms with Gasteiger partial charge in [0.2, 0.25) is 5.03 Å². The van der Waals surface area contributed by atoms with Crippen LogP contribution in [0.5, 0.6) is 0 Å². The van der Waals surface area contributed by atoms with Crippen LogP contribution >= 0.6 is 11.6 Å². The molecule has 0 unspecified atom stereocenters. The average Bonchev–Trinajstić information content (AvgIpc) is 2.42. The van der Waals surface area contributed by atoms with Crippen molar-refractivity contribution in [3.05, 3.63) is 47.4 Å². The Hall–Kier alpha value is -1.90. The highest BCUT2D eigenvalue weighted by Gasteiger charge is 2.21. The van der Waals surface area contributed by atoms with Crippen molar-refractivity contribution in [2.24, 2.45) is 5.84 Å². The van der Waals surface area contributed by atoms with Crippen LogP contribution in [0.1, 0.15) is 0 Å². The molecule has 20 heavy (non-hydrogen) atoms. The van der Waals surface area contributed by atoms with Gasteiger partial charge in [-0.3, -0.25) is 10.6 Å². The summed E-state index contributed by atoms with van der Waals surface area (Å²) < 4.78 is 39.5. The summed E-state index contributed by atoms with van der Waals surface area (Å²) in [5, 5.41) is -0.352. The predicted octanol–water partition coefficient (Wildman–Crippen LogP) is 1.96. The maximum atomic E-state index is 12.9. The van der Waals surface area contributed by atoms with Gasteiger partial charge in [0.25, 0.3) is 10.0 Å². The van der Waals surface area contributed by atoms with E-state index in [1.807, 2.05) is 0 Å². The molecule has 1 heterocycles. The molecule has 0 saturated heterocycles. The number of benzene rings is 1. The third kappa shape index (κ3) is 2.98. The van der Waals surface area contributed by atoms with Crippen LogP contribution in [-0.4, -0.2) is 13.4 Å². The number of nitrogens with one attached hydrogen (secondary N) is 2. The number of nitrogen functional groups attached to an aromatic ring is 1. The molecule has 2 aromatic rings. The lowest BCUT2D eigenvalue weighted by Crippen LogP contribution is -2.19. The first-order chi connectivity index (χ1) is 9.44. The predicted molar refractivity (Wildman–Crippen MR) is 74.3 cm³/mol. The molecule has 2 rings (SSSR count). The van der Waals surface area contributed by atoms with E-state index in [1.165, 1.54) is 24.4 Å². The van der Waals surface area contributed by atoms with Crippen molar-refractivity contribution in [3.63, 3.8) is 0 Å². The molecule has 0 aliphatic heterocycles. The summed E-state index contributed by atoms with van der Waals surface area (Å²) in [4.78, 5) is 3.75. The molecule has 0 fully saturated rings. The van der Waals surface area contributed by atoms with E-state index >= 15 is 0 Å². The van der Waals surface area contributed by atoms with Gasteiger partial charge in [0.15, 0.2) is 0 Å². The lowest BCUT2D eigenvalue weighted by molar-refractivity contribution is 0.597. The highest BCUT2D eigenvalue weighted by atomic mass is 35.5. The molecule has 4 N–H and O–H groups in total. The molecule has 0 aliphatic carbocycles. The largest absolute Gasteiger partial charge is 0.321 e. The van der Waals surface area contributed by atoms with Crippen LogP contribution in [0.4, 0.5) is 15.8 Å². The van der Waals surface area contributed by atoms with E-state index in [2.05, 4.69) is 15.1 Å². The summed E-state index contributed by atoms with van der Waals surface area (Å²) in [6.45, 7) is 0. The van der Waals surface area contributed by atoms with Crippen LogP contribution in [0.2, 0.25) is 5.02 Å². The second-order valence-corrected chi connectivity index (χ2v) is 5.74. The number of hydrogen-bond donors (Lipinski definition) is 3. The Kier molecular flexibility index (Phi) is 4.07. The normalized spacial score (nSPS) is 11.2. The molecule has 1 aromatic heterocycles. The van der Waals surface area contributed by atoms with E-state index in [0.29, 0.717) is 0 Å². The molecule has 9 heteroatoms. The Morgan fingerprint density at radius 1 is 1.25 bits per heavy atom. The van der Waals surface area contributed by atoms with Gasteiger partial charge in [0, 0.05) is 6.20 Å². The van der Waals surface area contributed by atoms with Crippen LogP contribution in [0.15, 0.2) is 41.6 Å². The number of aromatic nitrogens is 1. The molecule has 0 atom stereocenters. The van der Waals surface area contributed by atoms with Gasteiger partial charge in [-0.2, -0.15) is 8.42 Å². The molecule has 0 saturated carbocycles. The fraction of sp³-hybridized carbons (Fsp3) is 0. The first kappa shape index (κ1) is 14.5. The highest BCUT2D eigenvalue weighted by Crippen LogP contribution is 2.26. The van der Waals surface area contributed by atoms with Crippen molar-refractivity contribution >= 4 is 33.0 Å². The second kappa shape index (κ2) is 5.61. The number of nitrogens with two attached hydrogens (primary N) is 1. The minimum Gasteiger partial charge on any atom is -0.321 e. The molecule has 0 radical (unpaired) electrons. The van der Waals surface area contributed by atoms with Gasteiger partial charge in [-0.1, -0.05) is 11.6 Å². The van der Waals surface area contributed by atoms with Crippen LogP contribution in [-0.2, 0) is 10.0 Å². The molecule has 106 valence electrons. The number of hydrazine groups is 1. The van der Waals surface area contributed by atoms with E-state index in [4.69, 9.17) is 17.4 Å². The van der Waals surface area contributed by atoms with Gasteiger partial charge < -0.3 is 5.43 Å². The van der Waals surface area contributed by atoms with Gasteiger partial charge in [0.05, 0.1) is 16.4 Å². The second-order valence-electron chi connectivity index (χ2n) is 3.73. The van der Waals surface area contributed by atoms with E-state index in [1.54, 1.807) is 0 Å². The summed E-state index contributed by atoms with van der Waals surface area (Å²) >= 11 is 5.77. The fourth-order valence-corrected chi connectivity index (χ4v) is 2.93. The summed E-state index contributed by atoms with van der Waals surface area (Å²) in [5.41, 5.74) is 2.40. The smallest absolute Gasteiger partial charge is 0.281 e. The van der Waals surface area contributed by atoms with Crippen LogP contribution in [0.25, 0.3) is 0 Å². The molecule has 0 bridgehead atoms. The van der Waals surface area contributed by atoms with Gasteiger partial charge in [0.1, 0.15) is 5.82 Å². The third-order valence-electron chi connectivity index (χ3n) is 2.36. The number of sulfonamides is 1. The zero-order valence-electron chi connectivity index (χ0n) is 9.97. The Balaban J connectivity index is 2.41. The lowest BCUT2D eigenvalue weighted by Gasteiger charge is -2.11. The summed E-state index contributed by atoms with van der Waals surface area (Å²) in [7, 11) is -4.00. The number of halogens is 2. The van der Waals surface area contributed by atoms with Gasteiger partial charge >= 0.3 is 0 Å². The third-order valence-corrected chi connectivity index (χ3v) is 3.99. The fourth-order valence-electron chi connectivity index (χ4n) is 1.48. The van der Waals surface area contributed by atoms with E-state index in [9.17, 15) is 12.8 Å². The van der Waals surface area contributed by atoms with Crippen LogP contribution in [0.3, 0.4) is 0 Å². The van der Waals surface area contributed by atoms with Gasteiger partial charge in [-0.15, -0.1) is 0 Å². The lowest BCUT2D eigenvalue weighted by atomic mass is 10.3. The Bertz CT molecular complexity index is 739. The number of nitrogens with zero attached hydrogens (tertiary/aromatic N) is 1. The zero-order chi connectivity index (χ0) is 14.8. The Morgan fingerprint density at radius 3 is 2.65 bits per heavy atom. The van der Waals surface area contributed by atoms with Crippen LogP contribution in [0, 0.1) is 5.82 Å². The van der Waals surface area contributed by atoms with Crippen molar-refractivity contribution in [1.82, 2.24) is 4.98 Å². The van der Waals surface area contributed by atoms with E-state index in [-0.39, 0.29) is 21.4 Å². The highest BCUT2D eigenvalue weighted by molar-refractivity contribution is 7.92. The maximum absolute atomic E-state index is 12.9. The minimum atomic E-state index is -4.00. The number of rotatable bonds is 4. The summed E-state index contributed by atoms with van der Waals surface area (Å²) in [6, 6.07) is 6.28. The van der Waals surface area contributed by atoms with Gasteiger partial charge in [-0.05, 0) is 30.3 Å². The van der Waals surface area contributed by atoms with Crippen molar-refractivity contribution < 1.29 is 12.8 Å². The number of pyridine rings is 1. The molecule has 0 aliphatic rings. The SMILES string of the molecule is NNc1cccnc1S(=O)(=O)Nc1ccc(F)cc1Cl. The molecular formula is C11H10ClFN4O2S. The van der Waals surface area contributed by atoms with Crippen LogP contribution < -0.4 is 16.0 Å². The Morgan fingerprint density at radius 2 is 2.00 bits per heavy atom. The van der Waals surface area contributed by atoms with Crippen molar-refractivity contribution in [1.29, 1.82) is 0 Å². The number of anilines is 2. The first-order valence-corrected chi connectivity index (χ1v) is 7.19. The summed E-state index contributed by atoms with van der Waals surface area (Å²) in [6.07, 6.45) is 1.31. The maximum Gasteiger partial charge on any atom is 0.281 e. The molecule has 6 nitrogen and oxygen atoms in total. The zero-order valence-corrected chi connectivity index (χ0v) is 11.5. The standard InChI is InChI=1S/C11H10ClFN4O2S/c12-8-6-7(13)3-4-9(8)17-20(18,19)11-10(16-14)2-1-5-15-11/h1-6,16-17H,14H2. The molecule has 0 spiro atoms. The van der Waals surface area contributed by atoms with Crippen molar-refractivity contribution in [2.45, 2.75) is 5.03 Å². The topological polar surface area (TPSA) is 97.1 Å². The molecular weight excluding hydrogens is 307 g/mol. The first-order valence-electron chi connectivity index (χ1n) is 5.33. The van der Waals surface area contributed by atoms with E-state index < -0.39 is 15.8 Å². The number of hydrogen-bond acceptors (Lipinski definition) is 5. The van der Waals surface area contributed by atoms with Crippen molar-refractivity contribution in [3.8, 4) is 0 Å². The molecule has 0 amide bonds. The minimum absolute atomic E-state index is 0.0432.